The zero-order valence-electron chi connectivity index (χ0n) is 13.7. The summed E-state index contributed by atoms with van der Waals surface area (Å²) in [5, 5.41) is 9.40. The Hall–Kier alpha value is -1.74. The molecule has 1 aromatic carbocycles. The van der Waals surface area contributed by atoms with Gasteiger partial charge in [-0.2, -0.15) is 10.2 Å². The SMILES string of the molecule is Cc1nn(C)cc1S(=O)(=O)Nc1nn(Cc2ccc(Cl)cc2Cl)cc1Cl. The van der Waals surface area contributed by atoms with Crippen LogP contribution in [0.1, 0.15) is 11.3 Å². The van der Waals surface area contributed by atoms with E-state index in [4.69, 9.17) is 34.8 Å². The number of anilines is 1. The van der Waals surface area contributed by atoms with E-state index in [0.717, 1.165) is 5.56 Å². The average molecular weight is 435 g/mol. The molecule has 2 aromatic heterocycles. The van der Waals surface area contributed by atoms with Crippen LogP contribution < -0.4 is 4.72 Å². The van der Waals surface area contributed by atoms with Gasteiger partial charge in [0.05, 0.1) is 12.2 Å². The standard InChI is InChI=1S/C15H14Cl3N5O2S/c1-9-14(8-22(2)19-9)26(24,25)21-15-13(18)7-23(20-15)6-10-3-4-11(16)5-12(10)17/h3-5,7-8H,6H2,1-2H3,(H,20,21). The summed E-state index contributed by atoms with van der Waals surface area (Å²) in [4.78, 5) is 0.0614. The normalized spacial score (nSPS) is 11.7. The highest BCUT2D eigenvalue weighted by atomic mass is 35.5. The molecule has 11 heteroatoms. The van der Waals surface area contributed by atoms with Crippen LogP contribution in [0.2, 0.25) is 15.1 Å². The van der Waals surface area contributed by atoms with Gasteiger partial charge in [0.2, 0.25) is 0 Å². The molecule has 0 saturated heterocycles. The fourth-order valence-corrected chi connectivity index (χ4v) is 4.35. The summed E-state index contributed by atoms with van der Waals surface area (Å²) < 4.78 is 30.4. The fraction of sp³-hybridized carbons (Fsp3) is 0.200. The monoisotopic (exact) mass is 433 g/mol. The lowest BCUT2D eigenvalue weighted by atomic mass is 10.2. The minimum Gasteiger partial charge on any atom is -0.274 e. The highest BCUT2D eigenvalue weighted by molar-refractivity contribution is 7.92. The van der Waals surface area contributed by atoms with Gasteiger partial charge in [0.15, 0.2) is 5.82 Å². The molecule has 0 saturated carbocycles. The number of sulfonamides is 1. The third kappa shape index (κ3) is 3.98. The topological polar surface area (TPSA) is 81.8 Å². The molecule has 0 aliphatic rings. The van der Waals surface area contributed by atoms with Crippen molar-refractivity contribution in [3.05, 3.63) is 56.9 Å². The molecule has 0 unspecified atom stereocenters. The van der Waals surface area contributed by atoms with Crippen molar-refractivity contribution in [2.45, 2.75) is 18.4 Å². The first-order chi connectivity index (χ1) is 12.2. The van der Waals surface area contributed by atoms with Crippen molar-refractivity contribution in [3.8, 4) is 0 Å². The Morgan fingerprint density at radius 2 is 1.85 bits per heavy atom. The van der Waals surface area contributed by atoms with Gasteiger partial charge >= 0.3 is 0 Å². The van der Waals surface area contributed by atoms with Gasteiger partial charge in [-0.1, -0.05) is 40.9 Å². The lowest BCUT2D eigenvalue weighted by molar-refractivity contribution is 0.600. The molecule has 138 valence electrons. The van der Waals surface area contributed by atoms with E-state index in [-0.39, 0.29) is 15.7 Å². The summed E-state index contributed by atoms with van der Waals surface area (Å²) in [6.45, 7) is 1.92. The van der Waals surface area contributed by atoms with Crippen molar-refractivity contribution in [2.24, 2.45) is 7.05 Å². The summed E-state index contributed by atoms with van der Waals surface area (Å²) in [7, 11) is -2.21. The molecule has 0 aliphatic carbocycles. The molecule has 26 heavy (non-hydrogen) atoms. The van der Waals surface area contributed by atoms with Crippen LogP contribution in [0.15, 0.2) is 35.5 Å². The maximum Gasteiger partial charge on any atom is 0.266 e. The number of nitrogens with zero attached hydrogens (tertiary/aromatic N) is 4. The van der Waals surface area contributed by atoms with Crippen LogP contribution in [-0.4, -0.2) is 28.0 Å². The smallest absolute Gasteiger partial charge is 0.266 e. The number of benzene rings is 1. The van der Waals surface area contributed by atoms with E-state index in [1.165, 1.54) is 21.8 Å². The lowest BCUT2D eigenvalue weighted by Crippen LogP contribution is -2.14. The molecule has 0 radical (unpaired) electrons. The van der Waals surface area contributed by atoms with Gasteiger partial charge in [0, 0.05) is 29.5 Å². The van der Waals surface area contributed by atoms with Crippen LogP contribution in [-0.2, 0) is 23.6 Å². The van der Waals surface area contributed by atoms with E-state index in [0.29, 0.717) is 22.3 Å². The van der Waals surface area contributed by atoms with Gasteiger partial charge in [0.1, 0.15) is 9.92 Å². The summed E-state index contributed by atoms with van der Waals surface area (Å²) in [5.74, 6) is 0.0278. The van der Waals surface area contributed by atoms with Crippen LogP contribution in [0.25, 0.3) is 0 Å². The lowest BCUT2D eigenvalue weighted by Gasteiger charge is -2.06. The third-order valence-corrected chi connectivity index (χ3v) is 5.86. The zero-order chi connectivity index (χ0) is 19.1. The molecule has 2 heterocycles. The highest BCUT2D eigenvalue weighted by Crippen LogP contribution is 2.26. The Bertz CT molecular complexity index is 1080. The largest absolute Gasteiger partial charge is 0.274 e. The Morgan fingerprint density at radius 1 is 1.12 bits per heavy atom. The summed E-state index contributed by atoms with van der Waals surface area (Å²) in [6, 6.07) is 5.10. The van der Waals surface area contributed by atoms with Gasteiger partial charge < -0.3 is 0 Å². The molecule has 0 fully saturated rings. The maximum atomic E-state index is 12.5. The second-order valence-corrected chi connectivity index (χ2v) is 8.52. The Morgan fingerprint density at radius 3 is 2.46 bits per heavy atom. The van der Waals surface area contributed by atoms with Gasteiger partial charge in [-0.05, 0) is 24.6 Å². The maximum absolute atomic E-state index is 12.5. The van der Waals surface area contributed by atoms with Crippen LogP contribution in [0.4, 0.5) is 5.82 Å². The van der Waals surface area contributed by atoms with Crippen LogP contribution in [0.5, 0.6) is 0 Å². The zero-order valence-corrected chi connectivity index (χ0v) is 16.8. The van der Waals surface area contributed by atoms with E-state index >= 15 is 0 Å². The van der Waals surface area contributed by atoms with E-state index in [1.807, 2.05) is 0 Å². The molecular weight excluding hydrogens is 421 g/mol. The van der Waals surface area contributed by atoms with Gasteiger partial charge in [-0.25, -0.2) is 8.42 Å². The van der Waals surface area contributed by atoms with Gasteiger partial charge in [0.25, 0.3) is 10.0 Å². The van der Waals surface area contributed by atoms with Crippen molar-refractivity contribution in [3.63, 3.8) is 0 Å². The molecule has 0 aliphatic heterocycles. The van der Waals surface area contributed by atoms with Crippen molar-refractivity contribution < 1.29 is 8.42 Å². The van der Waals surface area contributed by atoms with E-state index < -0.39 is 10.0 Å². The molecule has 1 N–H and O–H groups in total. The number of nitrogens with one attached hydrogen (secondary N) is 1. The minimum atomic E-state index is -3.86. The molecule has 0 bridgehead atoms. The van der Waals surface area contributed by atoms with E-state index in [9.17, 15) is 8.42 Å². The predicted octanol–water partition coefficient (Wildman–Crippen LogP) is 3.73. The Kier molecular flexibility index (Phi) is 5.21. The van der Waals surface area contributed by atoms with Crippen LogP contribution in [0.3, 0.4) is 0 Å². The second-order valence-electron chi connectivity index (χ2n) is 5.62. The molecule has 3 rings (SSSR count). The minimum absolute atomic E-state index is 0.0278. The second kappa shape index (κ2) is 7.11. The number of hydrogen-bond donors (Lipinski definition) is 1. The fourth-order valence-electron chi connectivity index (χ4n) is 2.40. The highest BCUT2D eigenvalue weighted by Gasteiger charge is 2.22. The predicted molar refractivity (Wildman–Crippen MR) is 102 cm³/mol. The number of aryl methyl sites for hydroxylation is 2. The van der Waals surface area contributed by atoms with Crippen molar-refractivity contribution in [2.75, 3.05) is 4.72 Å². The molecule has 3 aromatic rings. The first-order valence-electron chi connectivity index (χ1n) is 7.35. The van der Waals surface area contributed by atoms with E-state index in [1.54, 1.807) is 32.2 Å². The summed E-state index contributed by atoms with van der Waals surface area (Å²) in [6.07, 6.45) is 2.93. The summed E-state index contributed by atoms with van der Waals surface area (Å²) >= 11 is 18.2. The Balaban J connectivity index is 1.85. The number of halogens is 3. The molecule has 7 nitrogen and oxygen atoms in total. The van der Waals surface area contributed by atoms with Crippen molar-refractivity contribution in [1.82, 2.24) is 19.6 Å². The average Bonchev–Trinajstić information content (AvgIpc) is 3.04. The van der Waals surface area contributed by atoms with Crippen molar-refractivity contribution in [1.29, 1.82) is 0 Å². The van der Waals surface area contributed by atoms with Crippen molar-refractivity contribution >= 4 is 50.6 Å². The molecule has 0 atom stereocenters. The van der Waals surface area contributed by atoms with E-state index in [2.05, 4.69) is 14.9 Å². The number of hydrogen-bond acceptors (Lipinski definition) is 4. The number of rotatable bonds is 5. The first kappa shape index (κ1) is 19.0. The van der Waals surface area contributed by atoms with Crippen LogP contribution >= 0.6 is 34.8 Å². The quantitative estimate of drug-likeness (QED) is 0.663. The molecule has 0 spiro atoms. The first-order valence-corrected chi connectivity index (χ1v) is 9.97. The molecule has 0 amide bonds. The third-order valence-electron chi connectivity index (χ3n) is 3.55. The summed E-state index contributed by atoms with van der Waals surface area (Å²) in [5.41, 5.74) is 1.15. The number of aromatic nitrogens is 4. The van der Waals surface area contributed by atoms with Gasteiger partial charge in [-0.15, -0.1) is 0 Å². The Labute approximate surface area is 165 Å². The molecular formula is C15H14Cl3N5O2S. The van der Waals surface area contributed by atoms with Crippen LogP contribution in [0, 0.1) is 6.92 Å². The van der Waals surface area contributed by atoms with Gasteiger partial charge in [-0.3, -0.25) is 14.1 Å².